The van der Waals surface area contributed by atoms with E-state index in [4.69, 9.17) is 17.2 Å². The van der Waals surface area contributed by atoms with Gasteiger partial charge in [-0.2, -0.15) is 0 Å². The molecule has 1 aromatic heterocycles. The van der Waals surface area contributed by atoms with Gasteiger partial charge in [0.1, 0.15) is 18.1 Å². The van der Waals surface area contributed by atoms with Gasteiger partial charge in [0.15, 0.2) is 5.96 Å². The van der Waals surface area contributed by atoms with Crippen molar-refractivity contribution in [1.82, 2.24) is 20.9 Å². The molecule has 13 nitrogen and oxygen atoms in total. The average molecular weight is 607 g/mol. The monoisotopic (exact) mass is 606 g/mol. The van der Waals surface area contributed by atoms with Crippen molar-refractivity contribution in [2.45, 2.75) is 63.7 Å². The summed E-state index contributed by atoms with van der Waals surface area (Å²) in [5, 5.41) is 18.7. The first-order chi connectivity index (χ1) is 21.0. The van der Waals surface area contributed by atoms with Gasteiger partial charge in [0.05, 0.1) is 6.04 Å². The van der Waals surface area contributed by atoms with Crippen LogP contribution in [-0.4, -0.2) is 70.5 Å². The van der Waals surface area contributed by atoms with Crippen molar-refractivity contribution in [2.24, 2.45) is 28.1 Å². The SMILES string of the molecule is CC(C)C(NC(=O)C(N)Cc1c[nH]c2ccccc12)C(=O)NC(CCCN=C(N)N)C(=O)NC(Cc1ccccc1)C(=O)O. The minimum atomic E-state index is -1.23. The van der Waals surface area contributed by atoms with E-state index in [0.717, 1.165) is 22.0 Å². The van der Waals surface area contributed by atoms with E-state index in [2.05, 4.69) is 25.9 Å². The molecular weight excluding hydrogens is 564 g/mol. The number of carbonyl (C=O) groups is 4. The van der Waals surface area contributed by atoms with Crippen molar-refractivity contribution >= 4 is 40.6 Å². The Morgan fingerprint density at radius 3 is 2.18 bits per heavy atom. The van der Waals surface area contributed by atoms with Crippen LogP contribution in [0.25, 0.3) is 10.9 Å². The van der Waals surface area contributed by atoms with Gasteiger partial charge < -0.3 is 43.2 Å². The number of guanidine groups is 1. The highest BCUT2D eigenvalue weighted by Crippen LogP contribution is 2.19. The first kappa shape index (κ1) is 33.6. The number of nitrogens with two attached hydrogens (primary N) is 3. The van der Waals surface area contributed by atoms with E-state index in [-0.39, 0.29) is 37.7 Å². The van der Waals surface area contributed by atoms with Gasteiger partial charge in [-0.15, -0.1) is 0 Å². The molecule has 2 aromatic carbocycles. The number of para-hydroxylation sites is 1. The van der Waals surface area contributed by atoms with Crippen LogP contribution in [0.3, 0.4) is 0 Å². The smallest absolute Gasteiger partial charge is 0.326 e. The average Bonchev–Trinajstić information content (AvgIpc) is 3.39. The molecule has 0 spiro atoms. The first-order valence-corrected chi connectivity index (χ1v) is 14.5. The lowest BCUT2D eigenvalue weighted by Crippen LogP contribution is -2.58. The summed E-state index contributed by atoms with van der Waals surface area (Å²) in [6.45, 7) is 3.70. The maximum atomic E-state index is 13.5. The van der Waals surface area contributed by atoms with Crippen LogP contribution in [0.4, 0.5) is 0 Å². The molecule has 0 saturated carbocycles. The fraction of sp³-hybridized carbons (Fsp3) is 0.387. The van der Waals surface area contributed by atoms with Gasteiger partial charge in [-0.3, -0.25) is 19.4 Å². The molecule has 0 saturated heterocycles. The quantitative estimate of drug-likeness (QED) is 0.0649. The highest BCUT2D eigenvalue weighted by atomic mass is 16.4. The summed E-state index contributed by atoms with van der Waals surface area (Å²) in [5.74, 6) is -3.50. The first-order valence-electron chi connectivity index (χ1n) is 14.5. The van der Waals surface area contributed by atoms with Crippen LogP contribution in [0.2, 0.25) is 0 Å². The summed E-state index contributed by atoms with van der Waals surface area (Å²) in [6.07, 6.45) is 2.54. The van der Waals surface area contributed by atoms with E-state index in [1.165, 1.54) is 0 Å². The lowest BCUT2D eigenvalue weighted by atomic mass is 10.00. The van der Waals surface area contributed by atoms with E-state index in [1.54, 1.807) is 50.4 Å². The zero-order valence-electron chi connectivity index (χ0n) is 25.0. The van der Waals surface area contributed by atoms with Crippen molar-refractivity contribution < 1.29 is 24.3 Å². The fourth-order valence-corrected chi connectivity index (χ4v) is 4.78. The van der Waals surface area contributed by atoms with Crippen LogP contribution in [0, 0.1) is 5.92 Å². The van der Waals surface area contributed by atoms with Crippen LogP contribution < -0.4 is 33.2 Å². The summed E-state index contributed by atoms with van der Waals surface area (Å²) < 4.78 is 0. The molecule has 236 valence electrons. The standard InChI is InChI=1S/C31H42N8O5/c1-18(2)26(39-27(40)22(32)16-20-17-36-23-12-7-6-11-21(20)23)29(42)37-24(13-8-14-35-31(33)34)28(41)38-25(30(43)44)15-19-9-4-3-5-10-19/h3-7,9-12,17-18,22,24-26,36H,8,13-16,32H2,1-2H3,(H,37,42)(H,38,41)(H,39,40)(H,43,44)(H4,33,34,35). The number of nitrogens with one attached hydrogen (secondary N) is 4. The highest BCUT2D eigenvalue weighted by molar-refractivity contribution is 5.94. The lowest BCUT2D eigenvalue weighted by Gasteiger charge is -2.27. The van der Waals surface area contributed by atoms with Crippen molar-refractivity contribution in [3.05, 3.63) is 71.9 Å². The second kappa shape index (κ2) is 16.1. The normalized spacial score (nSPS) is 13.8. The van der Waals surface area contributed by atoms with Gasteiger partial charge in [0.25, 0.3) is 0 Å². The van der Waals surface area contributed by atoms with Crippen LogP contribution >= 0.6 is 0 Å². The molecule has 3 rings (SSSR count). The number of nitrogens with zero attached hydrogens (tertiary/aromatic N) is 1. The minimum absolute atomic E-state index is 0.0512. The number of hydrogen-bond acceptors (Lipinski definition) is 6. The minimum Gasteiger partial charge on any atom is -0.480 e. The largest absolute Gasteiger partial charge is 0.480 e. The topological polar surface area (TPSA) is 231 Å². The van der Waals surface area contributed by atoms with Crippen LogP contribution in [0.1, 0.15) is 37.8 Å². The molecule has 3 amide bonds. The number of carboxylic acids is 1. The molecule has 0 bridgehead atoms. The number of fused-ring (bicyclic) bond motifs is 1. The molecule has 1 heterocycles. The van der Waals surface area contributed by atoms with Crippen LogP contribution in [0.15, 0.2) is 65.8 Å². The van der Waals surface area contributed by atoms with Crippen molar-refractivity contribution in [3.8, 4) is 0 Å². The third kappa shape index (κ3) is 9.83. The number of hydrogen-bond donors (Lipinski definition) is 8. The van der Waals surface area contributed by atoms with E-state index in [9.17, 15) is 24.3 Å². The Balaban J connectivity index is 1.70. The van der Waals surface area contributed by atoms with Crippen LogP contribution in [-0.2, 0) is 32.0 Å². The van der Waals surface area contributed by atoms with Crippen molar-refractivity contribution in [3.63, 3.8) is 0 Å². The summed E-state index contributed by atoms with van der Waals surface area (Å²) in [6, 6.07) is 12.2. The molecule has 4 atom stereocenters. The highest BCUT2D eigenvalue weighted by Gasteiger charge is 2.32. The molecule has 3 aromatic rings. The summed E-state index contributed by atoms with van der Waals surface area (Å²) in [5.41, 5.74) is 19.5. The Kier molecular flexibility index (Phi) is 12.3. The Labute approximate surface area is 256 Å². The molecule has 0 radical (unpaired) electrons. The molecule has 0 aliphatic rings. The van der Waals surface area contributed by atoms with Crippen molar-refractivity contribution in [1.29, 1.82) is 0 Å². The van der Waals surface area contributed by atoms with E-state index < -0.39 is 47.9 Å². The zero-order valence-corrected chi connectivity index (χ0v) is 25.0. The molecular formula is C31H42N8O5. The second-order valence-corrected chi connectivity index (χ2v) is 11.0. The molecule has 13 heteroatoms. The number of aromatic nitrogens is 1. The number of aliphatic carboxylic acids is 1. The Morgan fingerprint density at radius 1 is 0.864 bits per heavy atom. The van der Waals surface area contributed by atoms with E-state index in [0.29, 0.717) is 6.42 Å². The molecule has 44 heavy (non-hydrogen) atoms. The lowest BCUT2D eigenvalue weighted by molar-refractivity contribution is -0.142. The van der Waals surface area contributed by atoms with Crippen molar-refractivity contribution in [2.75, 3.05) is 6.54 Å². The van der Waals surface area contributed by atoms with Gasteiger partial charge in [-0.25, -0.2) is 4.79 Å². The van der Waals surface area contributed by atoms with Gasteiger partial charge in [0, 0.05) is 30.1 Å². The predicted octanol–water partition coefficient (Wildman–Crippen LogP) is 0.529. The summed E-state index contributed by atoms with van der Waals surface area (Å²) in [7, 11) is 0. The number of aliphatic imine (C=N–C) groups is 1. The van der Waals surface area contributed by atoms with Gasteiger partial charge in [-0.05, 0) is 42.4 Å². The maximum absolute atomic E-state index is 13.5. The van der Waals surface area contributed by atoms with E-state index >= 15 is 0 Å². The number of amides is 3. The number of carbonyl (C=O) groups excluding carboxylic acids is 3. The number of carboxylic acid groups (broad SMARTS) is 1. The van der Waals surface area contributed by atoms with Gasteiger partial charge in [-0.1, -0.05) is 62.4 Å². The Morgan fingerprint density at radius 2 is 1.52 bits per heavy atom. The van der Waals surface area contributed by atoms with E-state index in [1.807, 2.05) is 24.3 Å². The van der Waals surface area contributed by atoms with Gasteiger partial charge >= 0.3 is 5.97 Å². The number of benzene rings is 2. The predicted molar refractivity (Wildman–Crippen MR) is 168 cm³/mol. The zero-order chi connectivity index (χ0) is 32.2. The number of H-pyrrole nitrogens is 1. The fourth-order valence-electron chi connectivity index (χ4n) is 4.78. The number of aromatic amines is 1. The number of rotatable bonds is 16. The molecule has 4 unspecified atom stereocenters. The molecule has 0 aliphatic heterocycles. The third-order valence-corrected chi connectivity index (χ3v) is 7.17. The van der Waals surface area contributed by atoms with Gasteiger partial charge in [0.2, 0.25) is 17.7 Å². The maximum Gasteiger partial charge on any atom is 0.326 e. The Bertz CT molecular complexity index is 1450. The second-order valence-electron chi connectivity index (χ2n) is 11.0. The Hall–Kier alpha value is -4.91. The molecule has 0 fully saturated rings. The molecule has 11 N–H and O–H groups in total. The summed E-state index contributed by atoms with van der Waals surface area (Å²) in [4.78, 5) is 59.0. The third-order valence-electron chi connectivity index (χ3n) is 7.17. The molecule has 0 aliphatic carbocycles. The van der Waals surface area contributed by atoms with Crippen LogP contribution in [0.5, 0.6) is 0 Å². The summed E-state index contributed by atoms with van der Waals surface area (Å²) >= 11 is 0.